The molecule has 0 spiro atoms. The van der Waals surface area contributed by atoms with Crippen molar-refractivity contribution in [2.24, 2.45) is 0 Å². The van der Waals surface area contributed by atoms with E-state index in [1.54, 1.807) is 60.8 Å². The van der Waals surface area contributed by atoms with Gasteiger partial charge in [-0.05, 0) is 54.7 Å². The average Bonchev–Trinajstić information content (AvgIpc) is 3.53. The third-order valence-electron chi connectivity index (χ3n) is 6.14. The molecule has 5 rings (SSSR count). The number of nitrogens with one attached hydrogen (secondary N) is 2. The van der Waals surface area contributed by atoms with Crippen LogP contribution in [0.1, 0.15) is 23.5 Å². The first-order valence-corrected chi connectivity index (χ1v) is 14.0. The van der Waals surface area contributed by atoms with Crippen LogP contribution in [0.3, 0.4) is 0 Å². The largest absolute Gasteiger partial charge is 0.494 e. The van der Waals surface area contributed by atoms with Crippen LogP contribution in [0.5, 0.6) is 5.75 Å². The number of aromatic nitrogens is 1. The van der Waals surface area contributed by atoms with Gasteiger partial charge in [0.15, 0.2) is 5.11 Å². The molecule has 13 heteroatoms. The normalized spacial score (nSPS) is 17.1. The molecular weight excluding hydrogens is 542 g/mol. The predicted molar refractivity (Wildman–Crippen MR) is 150 cm³/mol. The Kier molecular flexibility index (Phi) is 6.93. The molecule has 0 saturated carbocycles. The number of methoxy groups -OCH3 is 1. The molecule has 0 radical (unpaired) electrons. The average molecular weight is 566 g/mol. The maximum Gasteiger partial charge on any atom is 0.280 e. The van der Waals surface area contributed by atoms with Crippen LogP contribution >= 0.6 is 12.2 Å². The number of pyridine rings is 1. The smallest absolute Gasteiger partial charge is 0.280 e. The van der Waals surface area contributed by atoms with Crippen LogP contribution < -0.4 is 19.7 Å². The number of hydrogen-bond acceptors (Lipinski definition) is 8. The van der Waals surface area contributed by atoms with Gasteiger partial charge in [0.2, 0.25) is 10.0 Å². The van der Waals surface area contributed by atoms with E-state index in [0.29, 0.717) is 39.3 Å². The lowest BCUT2D eigenvalue weighted by Crippen LogP contribution is -2.29. The highest BCUT2D eigenvalue weighted by molar-refractivity contribution is 7.92. The number of nitro groups is 1. The lowest BCUT2D eigenvalue weighted by atomic mass is 10.0. The summed E-state index contributed by atoms with van der Waals surface area (Å²) in [6.45, 7) is 0. The van der Waals surface area contributed by atoms with E-state index in [0.717, 1.165) is 6.26 Å². The second-order valence-electron chi connectivity index (χ2n) is 8.73. The zero-order chi connectivity index (χ0) is 27.7. The molecule has 1 aliphatic heterocycles. The van der Waals surface area contributed by atoms with Crippen molar-refractivity contribution in [2.45, 2.75) is 12.1 Å². The lowest BCUT2D eigenvalue weighted by Gasteiger charge is -2.26. The number of nitrogens with zero attached hydrogens (tertiary/aromatic N) is 3. The standard InChI is InChI=1S/C26H23N5O6S2/c1-36-23-15-16(10-11-18(23)29-39(2,34)35)30-25(24(28-26(30)38)19-8-5-6-14-27-19)22-13-12-21(37-22)17-7-3-4-9-20(17)31(32)33/h3-15,24-25,29H,1-2H3,(H,28,38)/t24-,25+/m1/s1. The van der Waals surface area contributed by atoms with E-state index < -0.39 is 27.0 Å². The fourth-order valence-electron chi connectivity index (χ4n) is 4.53. The minimum atomic E-state index is -3.54. The molecule has 2 N–H and O–H groups in total. The summed E-state index contributed by atoms with van der Waals surface area (Å²) < 4.78 is 37.8. The van der Waals surface area contributed by atoms with Crippen molar-refractivity contribution in [2.75, 3.05) is 23.0 Å². The number of furan rings is 1. The summed E-state index contributed by atoms with van der Waals surface area (Å²) in [5.74, 6) is 1.12. The summed E-state index contributed by atoms with van der Waals surface area (Å²) in [4.78, 5) is 17.5. The first kappa shape index (κ1) is 26.1. The fourth-order valence-corrected chi connectivity index (χ4v) is 5.45. The van der Waals surface area contributed by atoms with E-state index in [2.05, 4.69) is 15.0 Å². The van der Waals surface area contributed by atoms with Gasteiger partial charge in [0, 0.05) is 24.0 Å². The van der Waals surface area contributed by atoms with Crippen molar-refractivity contribution in [3.8, 4) is 17.1 Å². The summed E-state index contributed by atoms with van der Waals surface area (Å²) in [7, 11) is -2.10. The van der Waals surface area contributed by atoms with Gasteiger partial charge in [-0.2, -0.15) is 0 Å². The molecule has 1 aliphatic rings. The van der Waals surface area contributed by atoms with E-state index in [-0.39, 0.29) is 11.4 Å². The number of para-hydroxylation sites is 1. The van der Waals surface area contributed by atoms with Crippen LogP contribution in [0.4, 0.5) is 17.1 Å². The lowest BCUT2D eigenvalue weighted by molar-refractivity contribution is -0.384. The highest BCUT2D eigenvalue weighted by Crippen LogP contribution is 2.45. The Morgan fingerprint density at radius 2 is 1.90 bits per heavy atom. The number of hydrogen-bond donors (Lipinski definition) is 2. The highest BCUT2D eigenvalue weighted by Gasteiger charge is 2.43. The third kappa shape index (κ3) is 5.26. The van der Waals surface area contributed by atoms with E-state index in [9.17, 15) is 18.5 Å². The van der Waals surface area contributed by atoms with Gasteiger partial charge in [-0.3, -0.25) is 19.8 Å². The molecular formula is C26H23N5O6S2. The van der Waals surface area contributed by atoms with Crippen molar-refractivity contribution in [3.63, 3.8) is 0 Å². The first-order valence-electron chi connectivity index (χ1n) is 11.7. The van der Waals surface area contributed by atoms with Crippen molar-refractivity contribution >= 4 is 44.4 Å². The van der Waals surface area contributed by atoms with Crippen LogP contribution in [0.15, 0.2) is 83.4 Å². The number of sulfonamides is 1. The quantitative estimate of drug-likeness (QED) is 0.174. The van der Waals surface area contributed by atoms with Gasteiger partial charge in [-0.1, -0.05) is 18.2 Å². The monoisotopic (exact) mass is 565 g/mol. The molecule has 0 unspecified atom stereocenters. The predicted octanol–water partition coefficient (Wildman–Crippen LogP) is 4.81. The maximum absolute atomic E-state index is 11.8. The van der Waals surface area contributed by atoms with Crippen LogP contribution in [0.25, 0.3) is 11.3 Å². The first-order chi connectivity index (χ1) is 18.7. The molecule has 11 nitrogen and oxygen atoms in total. The Hall–Kier alpha value is -4.49. The zero-order valence-corrected chi connectivity index (χ0v) is 22.4. The second kappa shape index (κ2) is 10.3. The fraction of sp³-hybridized carbons (Fsp3) is 0.154. The molecule has 2 aromatic heterocycles. The molecule has 0 aliphatic carbocycles. The van der Waals surface area contributed by atoms with Crippen LogP contribution in [0, 0.1) is 10.1 Å². The second-order valence-corrected chi connectivity index (χ2v) is 10.9. The molecule has 200 valence electrons. The van der Waals surface area contributed by atoms with Gasteiger partial charge in [0.1, 0.15) is 23.3 Å². The summed E-state index contributed by atoms with van der Waals surface area (Å²) in [5.41, 5.74) is 1.86. The topological polar surface area (TPSA) is 140 Å². The minimum Gasteiger partial charge on any atom is -0.494 e. The van der Waals surface area contributed by atoms with Gasteiger partial charge in [0.25, 0.3) is 5.69 Å². The van der Waals surface area contributed by atoms with Gasteiger partial charge < -0.3 is 19.4 Å². The van der Waals surface area contributed by atoms with Crippen molar-refractivity contribution in [1.82, 2.24) is 10.3 Å². The number of nitro benzene ring substituents is 1. The summed E-state index contributed by atoms with van der Waals surface area (Å²) in [5, 5.41) is 15.3. The number of ether oxygens (including phenoxy) is 1. The third-order valence-corrected chi connectivity index (χ3v) is 7.05. The summed E-state index contributed by atoms with van der Waals surface area (Å²) in [6.07, 6.45) is 2.73. The molecule has 4 aromatic rings. The Bertz CT molecular complexity index is 1660. The molecule has 1 saturated heterocycles. The Balaban J connectivity index is 1.61. The van der Waals surface area contributed by atoms with Crippen molar-refractivity contribution in [1.29, 1.82) is 0 Å². The summed E-state index contributed by atoms with van der Waals surface area (Å²) in [6, 6.07) is 19.3. The van der Waals surface area contributed by atoms with Crippen LogP contribution in [-0.4, -0.2) is 36.8 Å². The molecule has 0 amide bonds. The van der Waals surface area contributed by atoms with Gasteiger partial charge in [0.05, 0.1) is 41.3 Å². The molecule has 2 atom stereocenters. The molecule has 1 fully saturated rings. The van der Waals surface area contributed by atoms with E-state index in [1.165, 1.54) is 13.2 Å². The molecule has 0 bridgehead atoms. The maximum atomic E-state index is 11.8. The Morgan fingerprint density at radius 1 is 1.13 bits per heavy atom. The SMILES string of the molecule is COc1cc(N2C(=S)N[C@H](c3ccccn3)[C@@H]2c2ccc(-c3ccccc3[N+](=O)[O-])o2)ccc1NS(C)(=O)=O. The van der Waals surface area contributed by atoms with E-state index in [4.69, 9.17) is 21.4 Å². The number of benzene rings is 2. The Morgan fingerprint density at radius 3 is 2.59 bits per heavy atom. The molecule has 2 aromatic carbocycles. The highest BCUT2D eigenvalue weighted by atomic mass is 32.2. The van der Waals surface area contributed by atoms with Crippen molar-refractivity contribution < 1.29 is 22.5 Å². The molecule has 3 heterocycles. The van der Waals surface area contributed by atoms with E-state index in [1.807, 2.05) is 17.0 Å². The molecule has 39 heavy (non-hydrogen) atoms. The van der Waals surface area contributed by atoms with E-state index >= 15 is 0 Å². The van der Waals surface area contributed by atoms with Crippen molar-refractivity contribution in [3.05, 3.63) is 101 Å². The van der Waals surface area contributed by atoms with Gasteiger partial charge >= 0.3 is 0 Å². The minimum absolute atomic E-state index is 0.0738. The van der Waals surface area contributed by atoms with Gasteiger partial charge in [-0.25, -0.2) is 8.42 Å². The summed E-state index contributed by atoms with van der Waals surface area (Å²) >= 11 is 5.74. The zero-order valence-electron chi connectivity index (χ0n) is 20.8. The Labute approximate surface area is 229 Å². The van der Waals surface area contributed by atoms with Gasteiger partial charge in [-0.15, -0.1) is 0 Å². The number of rotatable bonds is 8. The van der Waals surface area contributed by atoms with Crippen LogP contribution in [0.2, 0.25) is 0 Å². The number of anilines is 2. The number of thiocarbonyl (C=S) groups is 1. The van der Waals surface area contributed by atoms with Crippen LogP contribution in [-0.2, 0) is 10.0 Å².